The monoisotopic (exact) mass is 364 g/mol. The van der Waals surface area contributed by atoms with Crippen LogP contribution < -0.4 is 0 Å². The highest BCUT2D eigenvalue weighted by Crippen LogP contribution is 2.21. The van der Waals surface area contributed by atoms with Gasteiger partial charge < -0.3 is 4.74 Å². The minimum absolute atomic E-state index is 0.163. The van der Waals surface area contributed by atoms with Crippen molar-refractivity contribution in [3.63, 3.8) is 0 Å². The lowest BCUT2D eigenvalue weighted by Crippen LogP contribution is -2.04. The first-order chi connectivity index (χ1) is 9.22. The van der Waals surface area contributed by atoms with Crippen molar-refractivity contribution in [1.29, 1.82) is 0 Å². The van der Waals surface area contributed by atoms with Gasteiger partial charge in [-0.15, -0.1) is 0 Å². The van der Waals surface area contributed by atoms with Crippen molar-refractivity contribution in [3.8, 4) is 0 Å². The molecule has 0 saturated heterocycles. The molecule has 0 fully saturated rings. The van der Waals surface area contributed by atoms with E-state index in [0.29, 0.717) is 19.6 Å². The second-order valence-corrected chi connectivity index (χ2v) is 5.95. The SMILES string of the molecule is O=C(Cc1ccc(I)cc1)c1ccc2c(c1)COC2. The molecular formula is C16H13IO2. The molecule has 0 atom stereocenters. The molecule has 96 valence electrons. The zero-order chi connectivity index (χ0) is 13.2. The van der Waals surface area contributed by atoms with Crippen LogP contribution >= 0.6 is 22.6 Å². The Kier molecular flexibility index (Phi) is 3.66. The van der Waals surface area contributed by atoms with Crippen molar-refractivity contribution in [2.75, 3.05) is 0 Å². The molecule has 3 rings (SSSR count). The standard InChI is InChI=1S/C16H13IO2/c17-15-5-1-11(2-6-15)7-16(18)12-3-4-13-9-19-10-14(13)8-12/h1-6,8H,7,9-10H2. The summed E-state index contributed by atoms with van der Waals surface area (Å²) in [6.45, 7) is 1.29. The second-order valence-electron chi connectivity index (χ2n) is 4.70. The maximum Gasteiger partial charge on any atom is 0.167 e. The van der Waals surface area contributed by atoms with Gasteiger partial charge >= 0.3 is 0 Å². The third-order valence-corrected chi connectivity index (χ3v) is 4.04. The molecular weight excluding hydrogens is 351 g/mol. The Balaban J connectivity index is 1.78. The van der Waals surface area contributed by atoms with E-state index in [1.165, 1.54) is 9.13 Å². The molecule has 0 aromatic heterocycles. The van der Waals surface area contributed by atoms with Gasteiger partial charge in [0, 0.05) is 15.6 Å². The average molecular weight is 364 g/mol. The summed E-state index contributed by atoms with van der Waals surface area (Å²) in [5, 5.41) is 0. The Hall–Kier alpha value is -1.20. The highest BCUT2D eigenvalue weighted by atomic mass is 127. The van der Waals surface area contributed by atoms with Crippen molar-refractivity contribution < 1.29 is 9.53 Å². The summed E-state index contributed by atoms with van der Waals surface area (Å²) >= 11 is 2.26. The van der Waals surface area contributed by atoms with Gasteiger partial charge in [-0.1, -0.05) is 24.3 Å². The lowest BCUT2D eigenvalue weighted by atomic mass is 9.99. The van der Waals surface area contributed by atoms with Crippen molar-refractivity contribution in [2.45, 2.75) is 19.6 Å². The second kappa shape index (κ2) is 5.43. The zero-order valence-corrected chi connectivity index (χ0v) is 12.5. The van der Waals surface area contributed by atoms with Gasteiger partial charge in [0.1, 0.15) is 0 Å². The van der Waals surface area contributed by atoms with E-state index < -0.39 is 0 Å². The molecule has 0 radical (unpaired) electrons. The summed E-state index contributed by atoms with van der Waals surface area (Å²) in [7, 11) is 0. The number of carbonyl (C=O) groups excluding carboxylic acids is 1. The predicted octanol–water partition coefficient (Wildman–Crippen LogP) is 3.75. The summed E-state index contributed by atoms with van der Waals surface area (Å²) < 4.78 is 6.55. The number of carbonyl (C=O) groups is 1. The Labute approximate surface area is 125 Å². The molecule has 2 aromatic rings. The van der Waals surface area contributed by atoms with E-state index >= 15 is 0 Å². The Morgan fingerprint density at radius 2 is 1.79 bits per heavy atom. The smallest absolute Gasteiger partial charge is 0.167 e. The van der Waals surface area contributed by atoms with Crippen LogP contribution in [0, 0.1) is 3.57 Å². The van der Waals surface area contributed by atoms with E-state index in [1.807, 2.05) is 42.5 Å². The third kappa shape index (κ3) is 2.87. The van der Waals surface area contributed by atoms with Gasteiger partial charge in [-0.05, 0) is 57.5 Å². The van der Waals surface area contributed by atoms with Gasteiger partial charge in [-0.2, -0.15) is 0 Å². The number of ether oxygens (including phenoxy) is 1. The fourth-order valence-corrected chi connectivity index (χ4v) is 2.59. The topological polar surface area (TPSA) is 26.3 Å². The van der Waals surface area contributed by atoms with Crippen LogP contribution in [0.4, 0.5) is 0 Å². The first kappa shape index (κ1) is 12.8. The van der Waals surface area contributed by atoms with Gasteiger partial charge in [0.25, 0.3) is 0 Å². The third-order valence-electron chi connectivity index (χ3n) is 3.32. The van der Waals surface area contributed by atoms with E-state index in [2.05, 4.69) is 22.6 Å². The molecule has 2 nitrogen and oxygen atoms in total. The number of hydrogen-bond acceptors (Lipinski definition) is 2. The number of Topliss-reactive ketones (excluding diaryl/α,β-unsaturated/α-hetero) is 1. The molecule has 0 aliphatic carbocycles. The van der Waals surface area contributed by atoms with Crippen molar-refractivity contribution >= 4 is 28.4 Å². The molecule has 0 saturated carbocycles. The Morgan fingerprint density at radius 3 is 2.58 bits per heavy atom. The first-order valence-electron chi connectivity index (χ1n) is 6.19. The van der Waals surface area contributed by atoms with Gasteiger partial charge in [0.2, 0.25) is 0 Å². The van der Waals surface area contributed by atoms with Crippen LogP contribution in [0.2, 0.25) is 0 Å². The van der Waals surface area contributed by atoms with E-state index in [4.69, 9.17) is 4.74 Å². The van der Waals surface area contributed by atoms with Gasteiger partial charge in [-0.25, -0.2) is 0 Å². The normalized spacial score (nSPS) is 13.3. The summed E-state index contributed by atoms with van der Waals surface area (Å²) in [4.78, 5) is 12.3. The van der Waals surface area contributed by atoms with Gasteiger partial charge in [-0.3, -0.25) is 4.79 Å². The lowest BCUT2D eigenvalue weighted by Gasteiger charge is -2.04. The van der Waals surface area contributed by atoms with Crippen LogP contribution in [-0.2, 0) is 24.4 Å². The van der Waals surface area contributed by atoms with Crippen LogP contribution in [0.5, 0.6) is 0 Å². The lowest BCUT2D eigenvalue weighted by molar-refractivity contribution is 0.0993. The molecule has 3 heteroatoms. The molecule has 19 heavy (non-hydrogen) atoms. The maximum atomic E-state index is 12.3. The van der Waals surface area contributed by atoms with Crippen molar-refractivity contribution in [1.82, 2.24) is 0 Å². The van der Waals surface area contributed by atoms with Crippen LogP contribution in [-0.4, -0.2) is 5.78 Å². The van der Waals surface area contributed by atoms with E-state index in [1.54, 1.807) is 0 Å². The summed E-state index contributed by atoms with van der Waals surface area (Å²) in [6, 6.07) is 14.0. The highest BCUT2D eigenvalue weighted by molar-refractivity contribution is 14.1. The van der Waals surface area contributed by atoms with Crippen LogP contribution in [0.25, 0.3) is 0 Å². The number of ketones is 1. The number of halogens is 1. The molecule has 0 bridgehead atoms. The van der Waals surface area contributed by atoms with Crippen LogP contribution in [0.15, 0.2) is 42.5 Å². The molecule has 2 aromatic carbocycles. The Bertz CT molecular complexity index is 617. The summed E-state index contributed by atoms with van der Waals surface area (Å²) in [6.07, 6.45) is 0.455. The molecule has 0 amide bonds. The number of benzene rings is 2. The van der Waals surface area contributed by atoms with E-state index in [9.17, 15) is 4.79 Å². The van der Waals surface area contributed by atoms with Crippen LogP contribution in [0.3, 0.4) is 0 Å². The summed E-state index contributed by atoms with van der Waals surface area (Å²) in [5.41, 5.74) is 4.18. The van der Waals surface area contributed by atoms with Crippen LogP contribution in [0.1, 0.15) is 27.0 Å². The molecule has 0 unspecified atom stereocenters. The number of hydrogen-bond donors (Lipinski definition) is 0. The van der Waals surface area contributed by atoms with Gasteiger partial charge in [0.05, 0.1) is 13.2 Å². The maximum absolute atomic E-state index is 12.3. The molecule has 1 aliphatic heterocycles. The summed E-state index contributed by atoms with van der Waals surface area (Å²) in [5.74, 6) is 0.163. The van der Waals surface area contributed by atoms with E-state index in [0.717, 1.165) is 16.7 Å². The minimum Gasteiger partial charge on any atom is -0.372 e. The zero-order valence-electron chi connectivity index (χ0n) is 10.4. The van der Waals surface area contributed by atoms with Gasteiger partial charge in [0.15, 0.2) is 5.78 Å². The molecule has 1 heterocycles. The molecule has 0 spiro atoms. The molecule has 0 N–H and O–H groups in total. The Morgan fingerprint density at radius 1 is 1.05 bits per heavy atom. The fraction of sp³-hybridized carbons (Fsp3) is 0.188. The molecule has 1 aliphatic rings. The van der Waals surface area contributed by atoms with Crippen molar-refractivity contribution in [3.05, 3.63) is 68.3 Å². The van der Waals surface area contributed by atoms with E-state index in [-0.39, 0.29) is 5.78 Å². The average Bonchev–Trinajstić information content (AvgIpc) is 2.88. The van der Waals surface area contributed by atoms with Crippen molar-refractivity contribution in [2.24, 2.45) is 0 Å². The quantitative estimate of drug-likeness (QED) is 0.613. The highest BCUT2D eigenvalue weighted by Gasteiger charge is 2.14. The largest absolute Gasteiger partial charge is 0.372 e. The number of rotatable bonds is 3. The minimum atomic E-state index is 0.163. The number of fused-ring (bicyclic) bond motifs is 1. The predicted molar refractivity (Wildman–Crippen MR) is 82.1 cm³/mol. The fourth-order valence-electron chi connectivity index (χ4n) is 2.24. The first-order valence-corrected chi connectivity index (χ1v) is 7.27.